The molecule has 26 heavy (non-hydrogen) atoms. The van der Waals surface area contributed by atoms with Crippen LogP contribution in [-0.4, -0.2) is 28.3 Å². The number of hydrogen-bond donors (Lipinski definition) is 1. The number of para-hydroxylation sites is 1. The maximum Gasteiger partial charge on any atom is 0.260 e. The Bertz CT molecular complexity index is 850. The van der Waals surface area contributed by atoms with Gasteiger partial charge in [-0.1, -0.05) is 60.1 Å². The van der Waals surface area contributed by atoms with Crippen LogP contribution in [0.25, 0.3) is 5.69 Å². The zero-order valence-electron chi connectivity index (χ0n) is 14.4. The molecule has 1 heterocycles. The normalized spacial score (nSPS) is 11.8. The van der Waals surface area contributed by atoms with Crippen molar-refractivity contribution in [1.82, 2.24) is 15.1 Å². The van der Waals surface area contributed by atoms with Gasteiger partial charge >= 0.3 is 0 Å². The molecule has 6 heteroatoms. The molecule has 0 fully saturated rings. The Morgan fingerprint density at radius 3 is 2.50 bits per heavy atom. The highest BCUT2D eigenvalue weighted by Gasteiger charge is 2.18. The van der Waals surface area contributed by atoms with E-state index < -0.39 is 6.10 Å². The number of nitrogens with zero attached hydrogens (tertiary/aromatic N) is 2. The number of halogens is 1. The molecule has 1 amide bonds. The van der Waals surface area contributed by atoms with E-state index in [0.717, 1.165) is 12.1 Å². The van der Waals surface area contributed by atoms with Crippen LogP contribution in [0.2, 0.25) is 5.02 Å². The molecule has 0 aliphatic heterocycles. The van der Waals surface area contributed by atoms with Gasteiger partial charge in [-0.25, -0.2) is 4.68 Å². The highest BCUT2D eigenvalue weighted by atomic mass is 35.5. The molecule has 3 rings (SSSR count). The molecule has 0 aliphatic carbocycles. The Labute approximate surface area is 157 Å². The van der Waals surface area contributed by atoms with E-state index in [9.17, 15) is 4.79 Å². The molecule has 3 aromatic rings. The Balaban J connectivity index is 1.55. The molecule has 0 radical (unpaired) electrons. The SMILES string of the molecule is C[C@@H](Oc1nn(-c2ccccc2)cc1Cl)C(=O)NCCc1ccccc1. The van der Waals surface area contributed by atoms with Crippen molar-refractivity contribution in [3.05, 3.63) is 77.4 Å². The molecule has 0 spiro atoms. The van der Waals surface area contributed by atoms with Gasteiger partial charge < -0.3 is 10.1 Å². The fraction of sp³-hybridized carbons (Fsp3) is 0.200. The minimum atomic E-state index is -0.692. The van der Waals surface area contributed by atoms with Gasteiger partial charge in [-0.2, -0.15) is 0 Å². The quantitative estimate of drug-likeness (QED) is 0.691. The predicted molar refractivity (Wildman–Crippen MR) is 102 cm³/mol. The van der Waals surface area contributed by atoms with Gasteiger partial charge in [0.25, 0.3) is 11.8 Å². The standard InChI is InChI=1S/C20H20ClN3O2/c1-15(19(25)22-13-12-16-8-4-2-5-9-16)26-20-18(21)14-24(23-20)17-10-6-3-7-11-17/h2-11,14-15H,12-13H2,1H3,(H,22,25)/t15-/m1/s1. The third-order valence-corrected chi connectivity index (χ3v) is 4.13. The molecule has 1 aromatic heterocycles. The van der Waals surface area contributed by atoms with Crippen LogP contribution >= 0.6 is 11.6 Å². The van der Waals surface area contributed by atoms with Crippen molar-refractivity contribution in [2.75, 3.05) is 6.54 Å². The van der Waals surface area contributed by atoms with E-state index in [-0.39, 0.29) is 11.8 Å². The van der Waals surface area contributed by atoms with Crippen LogP contribution in [0.1, 0.15) is 12.5 Å². The van der Waals surface area contributed by atoms with Gasteiger partial charge in [0.05, 0.1) is 11.9 Å². The van der Waals surface area contributed by atoms with Crippen molar-refractivity contribution in [3.63, 3.8) is 0 Å². The topological polar surface area (TPSA) is 56.2 Å². The van der Waals surface area contributed by atoms with Crippen LogP contribution in [-0.2, 0) is 11.2 Å². The molecule has 1 N–H and O–H groups in total. The van der Waals surface area contributed by atoms with Crippen LogP contribution in [0.4, 0.5) is 0 Å². The first-order chi connectivity index (χ1) is 12.6. The molecule has 0 aliphatic rings. The third-order valence-electron chi connectivity index (χ3n) is 3.87. The minimum Gasteiger partial charge on any atom is -0.462 e. The molecule has 134 valence electrons. The van der Waals surface area contributed by atoms with Gasteiger partial charge in [0, 0.05) is 6.54 Å². The van der Waals surface area contributed by atoms with E-state index in [1.807, 2.05) is 60.7 Å². The first kappa shape index (κ1) is 18.0. The van der Waals surface area contributed by atoms with Crippen LogP contribution in [0.5, 0.6) is 5.88 Å². The summed E-state index contributed by atoms with van der Waals surface area (Å²) in [5.74, 6) is 0.0347. The van der Waals surface area contributed by atoms with Crippen molar-refractivity contribution in [1.29, 1.82) is 0 Å². The van der Waals surface area contributed by atoms with Gasteiger partial charge in [0.1, 0.15) is 5.02 Å². The second-order valence-corrected chi connectivity index (χ2v) is 6.26. The molecule has 0 bridgehead atoms. The molecule has 0 unspecified atom stereocenters. The minimum absolute atomic E-state index is 0.203. The zero-order chi connectivity index (χ0) is 18.4. The average molecular weight is 370 g/mol. The summed E-state index contributed by atoms with van der Waals surface area (Å²) in [4.78, 5) is 12.2. The number of carbonyl (C=O) groups is 1. The molecule has 0 saturated heterocycles. The summed E-state index contributed by atoms with van der Waals surface area (Å²) in [6.07, 6.45) is 1.73. The van der Waals surface area contributed by atoms with Crippen molar-refractivity contribution in [3.8, 4) is 11.6 Å². The fourth-order valence-corrected chi connectivity index (χ4v) is 2.64. The van der Waals surface area contributed by atoms with Gasteiger partial charge in [0.15, 0.2) is 6.10 Å². The number of aromatic nitrogens is 2. The summed E-state index contributed by atoms with van der Waals surface area (Å²) in [6.45, 7) is 2.22. The van der Waals surface area contributed by atoms with Gasteiger partial charge in [-0.3, -0.25) is 4.79 Å². The Kier molecular flexibility index (Phi) is 5.92. The second kappa shape index (κ2) is 8.54. The summed E-state index contributed by atoms with van der Waals surface area (Å²) in [7, 11) is 0. The van der Waals surface area contributed by atoms with E-state index in [4.69, 9.17) is 16.3 Å². The van der Waals surface area contributed by atoms with Crippen molar-refractivity contribution in [2.24, 2.45) is 0 Å². The number of amides is 1. The number of carbonyl (C=O) groups excluding carboxylic acids is 1. The summed E-state index contributed by atoms with van der Waals surface area (Å²) < 4.78 is 7.26. The van der Waals surface area contributed by atoms with Crippen molar-refractivity contribution in [2.45, 2.75) is 19.4 Å². The van der Waals surface area contributed by atoms with Gasteiger partial charge in [0.2, 0.25) is 0 Å². The smallest absolute Gasteiger partial charge is 0.260 e. The molecule has 2 aromatic carbocycles. The Hall–Kier alpha value is -2.79. The van der Waals surface area contributed by atoms with E-state index in [1.165, 1.54) is 5.56 Å². The Morgan fingerprint density at radius 1 is 1.15 bits per heavy atom. The summed E-state index contributed by atoms with van der Waals surface area (Å²) in [6, 6.07) is 19.6. The summed E-state index contributed by atoms with van der Waals surface area (Å²) in [5.41, 5.74) is 2.04. The number of nitrogens with one attached hydrogen (secondary N) is 1. The van der Waals surface area contributed by atoms with Gasteiger partial charge in [-0.05, 0) is 31.0 Å². The predicted octanol–water partition coefficient (Wildman–Crippen LogP) is 3.65. The lowest BCUT2D eigenvalue weighted by molar-refractivity contribution is -0.127. The lowest BCUT2D eigenvalue weighted by Crippen LogP contribution is -2.37. The molecule has 0 saturated carbocycles. The molecular weight excluding hydrogens is 350 g/mol. The first-order valence-electron chi connectivity index (χ1n) is 8.42. The van der Waals surface area contributed by atoms with Crippen molar-refractivity contribution < 1.29 is 9.53 Å². The van der Waals surface area contributed by atoms with Crippen molar-refractivity contribution >= 4 is 17.5 Å². The van der Waals surface area contributed by atoms with E-state index in [2.05, 4.69) is 10.4 Å². The first-order valence-corrected chi connectivity index (χ1v) is 8.80. The van der Waals surface area contributed by atoms with E-state index >= 15 is 0 Å². The largest absolute Gasteiger partial charge is 0.462 e. The highest BCUT2D eigenvalue weighted by molar-refractivity contribution is 6.31. The Morgan fingerprint density at radius 2 is 1.81 bits per heavy atom. The zero-order valence-corrected chi connectivity index (χ0v) is 15.2. The van der Waals surface area contributed by atoms with E-state index in [0.29, 0.717) is 11.6 Å². The van der Waals surface area contributed by atoms with Crippen LogP contribution in [0.15, 0.2) is 66.9 Å². The van der Waals surface area contributed by atoms with Crippen LogP contribution in [0.3, 0.4) is 0 Å². The van der Waals surface area contributed by atoms with Crippen LogP contribution in [0, 0.1) is 0 Å². The number of benzene rings is 2. The molecular formula is C20H20ClN3O2. The second-order valence-electron chi connectivity index (χ2n) is 5.85. The number of hydrogen-bond acceptors (Lipinski definition) is 3. The summed E-state index contributed by atoms with van der Waals surface area (Å²) >= 11 is 6.19. The number of ether oxygens (including phenoxy) is 1. The third kappa shape index (κ3) is 4.64. The van der Waals surface area contributed by atoms with Crippen LogP contribution < -0.4 is 10.1 Å². The lowest BCUT2D eigenvalue weighted by Gasteiger charge is -2.13. The maximum atomic E-state index is 12.2. The van der Waals surface area contributed by atoms with Gasteiger partial charge in [-0.15, -0.1) is 5.10 Å². The number of rotatable bonds is 7. The fourth-order valence-electron chi connectivity index (χ4n) is 2.47. The highest BCUT2D eigenvalue weighted by Crippen LogP contribution is 2.24. The monoisotopic (exact) mass is 369 g/mol. The lowest BCUT2D eigenvalue weighted by atomic mass is 10.1. The van der Waals surface area contributed by atoms with E-state index in [1.54, 1.807) is 17.8 Å². The maximum absolute atomic E-state index is 12.2. The average Bonchev–Trinajstić information content (AvgIpc) is 3.03. The molecule has 1 atom stereocenters. The molecule has 5 nitrogen and oxygen atoms in total. The summed E-state index contributed by atoms with van der Waals surface area (Å²) in [5, 5.41) is 7.54.